The maximum Gasteiger partial charge on any atom is 0.407 e. The number of ether oxygens (including phenoxy) is 2. The second-order valence-corrected chi connectivity index (χ2v) is 18.3. The third kappa shape index (κ3) is 9.12. The van der Waals surface area contributed by atoms with Gasteiger partial charge < -0.3 is 39.9 Å². The second-order valence-electron chi connectivity index (χ2n) is 18.3. The van der Waals surface area contributed by atoms with E-state index < -0.39 is 24.3 Å². The molecule has 334 valence electrons. The third-order valence-corrected chi connectivity index (χ3v) is 13.5. The zero-order chi connectivity index (χ0) is 44.4. The number of H-pyrrole nitrogens is 2. The number of aromatic amines is 2. The Morgan fingerprint density at radius 2 is 1.05 bits per heavy atom. The Kier molecular flexibility index (Phi) is 13.1. The molecule has 2 aliphatic heterocycles. The molecule has 1 saturated carbocycles. The van der Waals surface area contributed by atoms with E-state index in [0.717, 1.165) is 76.1 Å². The highest BCUT2D eigenvalue weighted by atomic mass is 16.5. The summed E-state index contributed by atoms with van der Waals surface area (Å²) in [5.41, 5.74) is 8.11. The number of likely N-dealkylation sites (tertiary alicyclic amines) is 2. The van der Waals surface area contributed by atoms with E-state index in [9.17, 15) is 19.2 Å². The molecule has 5 aromatic rings. The van der Waals surface area contributed by atoms with Gasteiger partial charge >= 0.3 is 12.2 Å². The van der Waals surface area contributed by atoms with Crippen LogP contribution in [0.4, 0.5) is 9.59 Å². The number of amides is 4. The fourth-order valence-corrected chi connectivity index (χ4v) is 10.1. The molecule has 3 fully saturated rings. The third-order valence-electron chi connectivity index (χ3n) is 13.5. The standard InChI is InChI=1S/C49H62N8O6/c1-28(2)42(54-48(60)62-5)46(58)56-24-10-14-39(56)44-50-35-22-20-33(26-37(35)52-44)41(32-18-16-31(17-19-32)30-12-8-7-9-13-30)34-21-23-36-38(27-34)53-45(51-36)40-15-11-25-57(40)47(59)43(29(3)4)55-49(61)63-6/h16-23,26-30,39-43H,7-15,24-25H2,1-6H3,(H,50,52)(H,51,53)(H,54,60)(H,55,61)/t39-,40-,42-,43-/m0/s1. The van der Waals surface area contributed by atoms with Gasteiger partial charge in [-0.1, -0.05) is 83.4 Å². The van der Waals surface area contributed by atoms with E-state index >= 15 is 0 Å². The first-order chi connectivity index (χ1) is 30.4. The molecule has 63 heavy (non-hydrogen) atoms. The summed E-state index contributed by atoms with van der Waals surface area (Å²) in [5.74, 6) is 1.37. The lowest BCUT2D eigenvalue weighted by atomic mass is 9.81. The van der Waals surface area contributed by atoms with Crippen LogP contribution in [-0.4, -0.2) is 93.1 Å². The molecule has 3 aromatic carbocycles. The Bertz CT molecular complexity index is 2300. The number of alkyl carbamates (subject to hydrolysis) is 2. The van der Waals surface area contributed by atoms with Gasteiger partial charge in [-0.05, 0) is 103 Å². The van der Waals surface area contributed by atoms with E-state index in [1.54, 1.807) is 0 Å². The number of imidazole rings is 2. The van der Waals surface area contributed by atoms with Gasteiger partial charge in [0.1, 0.15) is 23.7 Å². The number of rotatable bonds is 12. The predicted molar refractivity (Wildman–Crippen MR) is 241 cm³/mol. The molecule has 2 aromatic heterocycles. The van der Waals surface area contributed by atoms with Crippen molar-refractivity contribution in [3.05, 3.63) is 94.6 Å². The summed E-state index contributed by atoms with van der Waals surface area (Å²) in [7, 11) is 2.60. The van der Waals surface area contributed by atoms with E-state index in [0.29, 0.717) is 19.0 Å². The zero-order valence-corrected chi connectivity index (χ0v) is 37.4. The van der Waals surface area contributed by atoms with Crippen molar-refractivity contribution in [2.24, 2.45) is 11.8 Å². The first-order valence-corrected chi connectivity index (χ1v) is 22.8. The van der Waals surface area contributed by atoms with Crippen LogP contribution < -0.4 is 10.6 Å². The van der Waals surface area contributed by atoms with Crippen LogP contribution in [0.25, 0.3) is 22.1 Å². The Balaban J connectivity index is 1.12. The molecule has 4 atom stereocenters. The van der Waals surface area contributed by atoms with Gasteiger partial charge in [0, 0.05) is 19.0 Å². The summed E-state index contributed by atoms with van der Waals surface area (Å²) >= 11 is 0. The number of carbonyl (C=O) groups is 4. The molecular formula is C49H62N8O6. The second kappa shape index (κ2) is 18.8. The number of fused-ring (bicyclic) bond motifs is 2. The smallest absolute Gasteiger partial charge is 0.407 e. The van der Waals surface area contributed by atoms with Crippen LogP contribution in [0, 0.1) is 11.8 Å². The van der Waals surface area contributed by atoms with Crippen molar-refractivity contribution in [3.8, 4) is 0 Å². The molecule has 0 radical (unpaired) electrons. The quantitative estimate of drug-likeness (QED) is 0.0901. The highest BCUT2D eigenvalue weighted by Gasteiger charge is 2.39. The molecular weight excluding hydrogens is 797 g/mol. The van der Waals surface area contributed by atoms with Gasteiger partial charge in [-0.15, -0.1) is 0 Å². The Hall–Kier alpha value is -5.92. The topological polar surface area (TPSA) is 175 Å². The van der Waals surface area contributed by atoms with Crippen LogP contribution in [-0.2, 0) is 19.1 Å². The van der Waals surface area contributed by atoms with Gasteiger partial charge in [0.25, 0.3) is 0 Å². The number of aromatic nitrogens is 4. The van der Waals surface area contributed by atoms with E-state index in [2.05, 4.69) is 81.3 Å². The highest BCUT2D eigenvalue weighted by molar-refractivity contribution is 5.87. The maximum atomic E-state index is 13.9. The summed E-state index contributed by atoms with van der Waals surface area (Å²) in [6.07, 6.45) is 8.25. The van der Waals surface area contributed by atoms with Crippen LogP contribution in [0.1, 0.15) is 143 Å². The van der Waals surface area contributed by atoms with Crippen molar-refractivity contribution in [1.29, 1.82) is 0 Å². The molecule has 1 aliphatic carbocycles. The van der Waals surface area contributed by atoms with E-state index in [-0.39, 0.29) is 41.7 Å². The number of methoxy groups -OCH3 is 2. The zero-order valence-electron chi connectivity index (χ0n) is 37.4. The summed E-state index contributed by atoms with van der Waals surface area (Å²) in [5, 5.41) is 5.48. The van der Waals surface area contributed by atoms with Gasteiger partial charge in [0.2, 0.25) is 11.8 Å². The molecule has 0 unspecified atom stereocenters. The van der Waals surface area contributed by atoms with Crippen molar-refractivity contribution >= 4 is 46.1 Å². The van der Waals surface area contributed by atoms with Gasteiger partial charge in [-0.25, -0.2) is 19.6 Å². The van der Waals surface area contributed by atoms with Crippen LogP contribution in [0.15, 0.2) is 60.7 Å². The van der Waals surface area contributed by atoms with Crippen LogP contribution in [0.3, 0.4) is 0 Å². The van der Waals surface area contributed by atoms with Crippen molar-refractivity contribution in [1.82, 2.24) is 40.4 Å². The normalized spacial score (nSPS) is 19.3. The molecule has 8 rings (SSSR count). The SMILES string of the molecule is COC(=O)N[C@H](C(=O)N1CCC[C@H]1c1nc2cc(C(c3ccc(C4CCCCC4)cc3)c3ccc4[nH]c([C@@H]5CCCN5C(=O)[C@@H](NC(=O)OC)C(C)C)nc4c3)ccc2[nH]1)C(C)C. The first-order valence-electron chi connectivity index (χ1n) is 22.8. The summed E-state index contributed by atoms with van der Waals surface area (Å²) < 4.78 is 9.67. The first kappa shape index (κ1) is 43.7. The summed E-state index contributed by atoms with van der Waals surface area (Å²) in [4.78, 5) is 73.2. The number of benzene rings is 3. The number of nitrogens with one attached hydrogen (secondary N) is 4. The van der Waals surface area contributed by atoms with Crippen molar-refractivity contribution in [2.75, 3.05) is 27.3 Å². The molecule has 0 bridgehead atoms. The van der Waals surface area contributed by atoms with E-state index in [4.69, 9.17) is 19.4 Å². The number of carbonyl (C=O) groups excluding carboxylic acids is 4. The number of hydrogen-bond donors (Lipinski definition) is 4. The number of nitrogens with zero attached hydrogens (tertiary/aromatic N) is 4. The van der Waals surface area contributed by atoms with Crippen LogP contribution in [0.2, 0.25) is 0 Å². The Morgan fingerprint density at radius 3 is 1.48 bits per heavy atom. The minimum absolute atomic E-state index is 0.127. The lowest BCUT2D eigenvalue weighted by molar-refractivity contribution is -0.136. The van der Waals surface area contributed by atoms with Crippen LogP contribution >= 0.6 is 0 Å². The summed E-state index contributed by atoms with van der Waals surface area (Å²) in [6.45, 7) is 8.81. The maximum absolute atomic E-state index is 13.9. The van der Waals surface area contributed by atoms with E-state index in [1.165, 1.54) is 51.9 Å². The molecule has 4 amide bonds. The lowest BCUT2D eigenvalue weighted by Crippen LogP contribution is -2.51. The Morgan fingerprint density at radius 1 is 0.603 bits per heavy atom. The van der Waals surface area contributed by atoms with Gasteiger partial charge in [-0.2, -0.15) is 0 Å². The average molecular weight is 859 g/mol. The molecule has 4 heterocycles. The van der Waals surface area contributed by atoms with Gasteiger partial charge in [-0.3, -0.25) is 9.59 Å². The highest BCUT2D eigenvalue weighted by Crippen LogP contribution is 2.40. The summed E-state index contributed by atoms with van der Waals surface area (Å²) in [6, 6.07) is 20.0. The lowest BCUT2D eigenvalue weighted by Gasteiger charge is -2.29. The molecule has 3 aliphatic rings. The van der Waals surface area contributed by atoms with Crippen molar-refractivity contribution in [3.63, 3.8) is 0 Å². The Labute approximate surface area is 369 Å². The largest absolute Gasteiger partial charge is 0.453 e. The fourth-order valence-electron chi connectivity index (χ4n) is 10.1. The molecule has 14 nitrogen and oxygen atoms in total. The van der Waals surface area contributed by atoms with Gasteiger partial charge in [0.15, 0.2) is 0 Å². The van der Waals surface area contributed by atoms with Crippen molar-refractivity contribution < 1.29 is 28.7 Å². The molecule has 2 saturated heterocycles. The number of hydrogen-bond acceptors (Lipinski definition) is 8. The van der Waals surface area contributed by atoms with Crippen LogP contribution in [0.5, 0.6) is 0 Å². The van der Waals surface area contributed by atoms with Crippen molar-refractivity contribution in [2.45, 2.75) is 121 Å². The minimum Gasteiger partial charge on any atom is -0.453 e. The average Bonchev–Trinajstić information content (AvgIpc) is 4.13. The monoisotopic (exact) mass is 858 g/mol. The molecule has 14 heteroatoms. The minimum atomic E-state index is -0.714. The molecule has 4 N–H and O–H groups in total. The van der Waals surface area contributed by atoms with Gasteiger partial charge in [0.05, 0.1) is 48.4 Å². The predicted octanol–water partition coefficient (Wildman–Crippen LogP) is 8.76. The fraction of sp³-hybridized carbons (Fsp3) is 0.510. The van der Waals surface area contributed by atoms with E-state index in [1.807, 2.05) is 37.5 Å². The molecule has 0 spiro atoms.